The third kappa shape index (κ3) is 8.03. The minimum Gasteiger partial charge on any atom is -0.479 e. The van der Waals surface area contributed by atoms with Crippen LogP contribution in [-0.4, -0.2) is 35.0 Å². The number of carbonyl (C=O) groups is 3. The minimum atomic E-state index is -1.14. The second-order valence-corrected chi connectivity index (χ2v) is 6.17. The number of para-hydroxylation sites is 1. The molecule has 1 heterocycles. The van der Waals surface area contributed by atoms with Crippen LogP contribution in [0.2, 0.25) is 0 Å². The fraction of sp³-hybridized carbons (Fsp3) is 0.471. The number of benzene rings is 1. The summed E-state index contributed by atoms with van der Waals surface area (Å²) in [5, 5.41) is 11.6. The Balaban J connectivity index is 0. The van der Waals surface area contributed by atoms with E-state index in [4.69, 9.17) is 9.84 Å². The Morgan fingerprint density at radius 1 is 1.08 bits per heavy atom. The molecule has 148 valence electrons. The highest BCUT2D eigenvalue weighted by atomic mass is 32.1. The van der Waals surface area contributed by atoms with Crippen LogP contribution in [0.5, 0.6) is 0 Å². The number of carboxylic acids is 1. The van der Waals surface area contributed by atoms with Gasteiger partial charge in [0, 0.05) is 18.0 Å². The van der Waals surface area contributed by atoms with Crippen molar-refractivity contribution in [3.8, 4) is 0 Å². The third-order valence-corrected chi connectivity index (χ3v) is 3.67. The summed E-state index contributed by atoms with van der Waals surface area (Å²) in [5.41, 5.74) is 0.671. The van der Waals surface area contributed by atoms with Crippen molar-refractivity contribution >= 4 is 63.8 Å². The average molecular weight is 422 g/mol. The van der Waals surface area contributed by atoms with Gasteiger partial charge in [0.1, 0.15) is 0 Å². The van der Waals surface area contributed by atoms with Gasteiger partial charge in [-0.3, -0.25) is 9.59 Å². The number of epoxide rings is 1. The molecular formula is C17H27NO5S3. The van der Waals surface area contributed by atoms with Crippen molar-refractivity contribution in [1.29, 1.82) is 0 Å². The van der Waals surface area contributed by atoms with Crippen LogP contribution in [0.25, 0.3) is 0 Å². The molecule has 0 unspecified atom stereocenters. The molecule has 3 atom stereocenters. The third-order valence-electron chi connectivity index (χ3n) is 3.67. The predicted octanol–water partition coefficient (Wildman–Crippen LogP) is 2.44. The summed E-state index contributed by atoms with van der Waals surface area (Å²) in [7, 11) is 0. The number of carbonyl (C=O) groups excluding carboxylic acids is 2. The fourth-order valence-corrected chi connectivity index (χ4v) is 2.52. The number of aliphatic carboxylic acids is 1. The van der Waals surface area contributed by atoms with E-state index in [0.717, 1.165) is 0 Å². The molecule has 0 spiro atoms. The van der Waals surface area contributed by atoms with E-state index < -0.39 is 24.1 Å². The van der Waals surface area contributed by atoms with Gasteiger partial charge in [0.25, 0.3) is 0 Å². The van der Waals surface area contributed by atoms with Gasteiger partial charge in [-0.15, -0.1) is 0 Å². The molecule has 0 aromatic heterocycles. The molecule has 1 saturated heterocycles. The van der Waals surface area contributed by atoms with E-state index in [0.29, 0.717) is 12.1 Å². The quantitative estimate of drug-likeness (QED) is 0.629. The molecule has 0 aliphatic carbocycles. The maximum absolute atomic E-state index is 12.4. The number of ketones is 1. The number of hydrogen-bond donors (Lipinski definition) is 2. The molecule has 1 fully saturated rings. The molecule has 9 heteroatoms. The zero-order valence-corrected chi connectivity index (χ0v) is 17.7. The van der Waals surface area contributed by atoms with Crippen LogP contribution in [0.1, 0.15) is 26.7 Å². The number of nitrogens with one attached hydrogen (secondary N) is 1. The Hall–Kier alpha value is -1.16. The molecule has 1 aliphatic rings. The van der Waals surface area contributed by atoms with Crippen LogP contribution in [0.3, 0.4) is 0 Å². The minimum absolute atomic E-state index is 0. The lowest BCUT2D eigenvalue weighted by Crippen LogP contribution is -2.28. The molecule has 2 rings (SSSR count). The van der Waals surface area contributed by atoms with Crippen LogP contribution in [-0.2, 0) is 19.1 Å². The van der Waals surface area contributed by atoms with Gasteiger partial charge >= 0.3 is 5.97 Å². The Labute approximate surface area is 174 Å². The lowest BCUT2D eigenvalue weighted by atomic mass is 9.90. The predicted molar refractivity (Wildman–Crippen MR) is 115 cm³/mol. The molecule has 0 bridgehead atoms. The van der Waals surface area contributed by atoms with Crippen molar-refractivity contribution in [2.45, 2.75) is 38.9 Å². The lowest BCUT2D eigenvalue weighted by molar-refractivity contribution is -0.138. The van der Waals surface area contributed by atoms with Gasteiger partial charge in [-0.1, -0.05) is 32.0 Å². The summed E-state index contributed by atoms with van der Waals surface area (Å²) in [6.07, 6.45) is -1.42. The molecule has 1 aromatic rings. The van der Waals surface area contributed by atoms with Crippen LogP contribution in [0.4, 0.5) is 5.69 Å². The summed E-state index contributed by atoms with van der Waals surface area (Å²) < 4.78 is 4.86. The van der Waals surface area contributed by atoms with E-state index in [2.05, 4.69) is 5.32 Å². The van der Waals surface area contributed by atoms with Gasteiger partial charge in [-0.05, 0) is 24.5 Å². The van der Waals surface area contributed by atoms with Crippen molar-refractivity contribution in [3.63, 3.8) is 0 Å². The number of anilines is 1. The van der Waals surface area contributed by atoms with Gasteiger partial charge in [-0.25, -0.2) is 4.79 Å². The molecular weight excluding hydrogens is 394 g/mol. The van der Waals surface area contributed by atoms with E-state index in [1.54, 1.807) is 12.1 Å². The fourth-order valence-electron chi connectivity index (χ4n) is 2.52. The van der Waals surface area contributed by atoms with E-state index in [9.17, 15) is 14.4 Å². The normalized spacial score (nSPS) is 18.4. The SMILES string of the molecule is CC(C)C[C@H](CC(=O)[C@H]1O[C@@H]1C(=O)O)C(=O)Nc1ccccc1.S.S.S. The van der Waals surface area contributed by atoms with Gasteiger partial charge in [0.15, 0.2) is 18.0 Å². The smallest absolute Gasteiger partial charge is 0.336 e. The average Bonchev–Trinajstić information content (AvgIpc) is 3.27. The molecule has 0 radical (unpaired) electrons. The summed E-state index contributed by atoms with van der Waals surface area (Å²) in [6, 6.07) is 9.02. The van der Waals surface area contributed by atoms with Gasteiger partial charge < -0.3 is 15.2 Å². The number of amides is 1. The molecule has 1 aliphatic heterocycles. The highest BCUT2D eigenvalue weighted by molar-refractivity contribution is 7.59. The van der Waals surface area contributed by atoms with Gasteiger partial charge in [0.05, 0.1) is 0 Å². The second kappa shape index (κ2) is 12.3. The molecule has 2 N–H and O–H groups in total. The molecule has 0 saturated carbocycles. The standard InChI is InChI=1S/C17H21NO5.3H2S/c1-10(2)8-11(9-13(19)14-15(23-14)17(21)22)16(20)18-12-6-4-3-5-7-12;;;/h3-7,10-11,14-15H,8-9H2,1-2H3,(H,18,20)(H,21,22);3*1H2/t11-,14-,15+;;;/m1.../s1. The zero-order chi connectivity index (χ0) is 17.0. The Morgan fingerprint density at radius 2 is 1.65 bits per heavy atom. The molecule has 26 heavy (non-hydrogen) atoms. The maximum atomic E-state index is 12.4. The van der Waals surface area contributed by atoms with Crippen molar-refractivity contribution in [3.05, 3.63) is 30.3 Å². The van der Waals surface area contributed by atoms with Gasteiger partial charge in [-0.2, -0.15) is 40.5 Å². The van der Waals surface area contributed by atoms with Crippen molar-refractivity contribution in [1.82, 2.24) is 0 Å². The van der Waals surface area contributed by atoms with Crippen LogP contribution >= 0.6 is 40.5 Å². The van der Waals surface area contributed by atoms with E-state index in [-0.39, 0.29) is 64.5 Å². The zero-order valence-electron chi connectivity index (χ0n) is 14.7. The van der Waals surface area contributed by atoms with Crippen molar-refractivity contribution in [2.24, 2.45) is 11.8 Å². The largest absolute Gasteiger partial charge is 0.479 e. The number of rotatable bonds is 8. The second-order valence-electron chi connectivity index (χ2n) is 6.17. The highest BCUT2D eigenvalue weighted by Gasteiger charge is 2.50. The van der Waals surface area contributed by atoms with E-state index in [1.807, 2.05) is 32.0 Å². The van der Waals surface area contributed by atoms with Crippen molar-refractivity contribution < 1.29 is 24.2 Å². The molecule has 1 amide bonds. The Bertz CT molecular complexity index is 597. The summed E-state index contributed by atoms with van der Waals surface area (Å²) in [6.45, 7) is 3.95. The monoisotopic (exact) mass is 421 g/mol. The van der Waals surface area contributed by atoms with Gasteiger partial charge in [0.2, 0.25) is 5.91 Å². The Kier molecular flexibility index (Phi) is 12.8. The number of ether oxygens (including phenoxy) is 1. The maximum Gasteiger partial charge on any atom is 0.336 e. The summed E-state index contributed by atoms with van der Waals surface area (Å²) in [4.78, 5) is 35.3. The molecule has 6 nitrogen and oxygen atoms in total. The first-order valence-electron chi connectivity index (χ1n) is 7.65. The van der Waals surface area contributed by atoms with E-state index >= 15 is 0 Å². The Morgan fingerprint density at radius 3 is 2.12 bits per heavy atom. The summed E-state index contributed by atoms with van der Waals surface area (Å²) in [5.74, 6) is -1.96. The van der Waals surface area contributed by atoms with E-state index in [1.165, 1.54) is 0 Å². The summed E-state index contributed by atoms with van der Waals surface area (Å²) >= 11 is 0. The van der Waals surface area contributed by atoms with Crippen LogP contribution < -0.4 is 5.32 Å². The first-order chi connectivity index (χ1) is 10.9. The number of hydrogen-bond acceptors (Lipinski definition) is 4. The van der Waals surface area contributed by atoms with Crippen molar-refractivity contribution in [2.75, 3.05) is 5.32 Å². The highest BCUT2D eigenvalue weighted by Crippen LogP contribution is 2.28. The first-order valence-corrected chi connectivity index (χ1v) is 7.65. The first kappa shape index (κ1) is 27.1. The topological polar surface area (TPSA) is 96.0 Å². The number of carboxylic acid groups (broad SMARTS) is 1. The number of Topliss-reactive ketones (excluding diaryl/α,β-unsaturated/α-hetero) is 1. The lowest BCUT2D eigenvalue weighted by Gasteiger charge is -2.18. The van der Waals surface area contributed by atoms with Crippen LogP contribution in [0, 0.1) is 11.8 Å². The molecule has 1 aromatic carbocycles. The van der Waals surface area contributed by atoms with Crippen LogP contribution in [0.15, 0.2) is 30.3 Å².